The van der Waals surface area contributed by atoms with Crippen LogP contribution in [0.2, 0.25) is 0 Å². The number of fused-ring (bicyclic) bond motifs is 4. The van der Waals surface area contributed by atoms with E-state index in [1.807, 2.05) is 12.1 Å². The van der Waals surface area contributed by atoms with Gasteiger partial charge in [0.25, 0.3) is 0 Å². The second-order valence-corrected chi connectivity index (χ2v) is 7.77. The predicted octanol–water partition coefficient (Wildman–Crippen LogP) is 6.20. The molecule has 1 aliphatic heterocycles. The number of hydrogen-bond donors (Lipinski definition) is 2. The van der Waals surface area contributed by atoms with Crippen molar-refractivity contribution in [1.29, 1.82) is 0 Å². The summed E-state index contributed by atoms with van der Waals surface area (Å²) in [6.45, 7) is 0.400. The van der Waals surface area contributed by atoms with Crippen LogP contribution in [-0.2, 0) is 6.61 Å². The first kappa shape index (κ1) is 17.0. The molecule has 0 radical (unpaired) electrons. The summed E-state index contributed by atoms with van der Waals surface area (Å²) in [5.74, 6) is 1.29. The Balaban J connectivity index is 1.85. The van der Waals surface area contributed by atoms with Crippen LogP contribution in [0, 0.1) is 0 Å². The van der Waals surface area contributed by atoms with Gasteiger partial charge in [0.15, 0.2) is 0 Å². The Labute approximate surface area is 167 Å². The molecule has 4 aromatic rings. The van der Waals surface area contributed by atoms with Gasteiger partial charge in [-0.05, 0) is 70.6 Å². The third-order valence-corrected chi connectivity index (χ3v) is 5.95. The number of aromatic hydroxyl groups is 2. The van der Waals surface area contributed by atoms with E-state index in [4.69, 9.17) is 4.74 Å². The van der Waals surface area contributed by atoms with Crippen molar-refractivity contribution >= 4 is 22.5 Å². The smallest absolute Gasteiger partial charge is 0.136 e. The van der Waals surface area contributed by atoms with Gasteiger partial charge in [0, 0.05) is 21.6 Å². The van der Waals surface area contributed by atoms with Crippen molar-refractivity contribution in [3.8, 4) is 39.5 Å². The van der Waals surface area contributed by atoms with Gasteiger partial charge in [0.1, 0.15) is 23.9 Å². The van der Waals surface area contributed by atoms with Crippen LogP contribution in [0.5, 0.6) is 17.2 Å². The molecule has 0 saturated heterocycles. The highest BCUT2D eigenvalue weighted by atomic mass is 32.2. The summed E-state index contributed by atoms with van der Waals surface area (Å²) in [7, 11) is 0. The molecule has 2 N–H and O–H groups in total. The summed E-state index contributed by atoms with van der Waals surface area (Å²) >= 11 is 1.70. The van der Waals surface area contributed by atoms with E-state index in [0.29, 0.717) is 6.61 Å². The Morgan fingerprint density at radius 1 is 0.821 bits per heavy atom. The van der Waals surface area contributed by atoms with Crippen LogP contribution < -0.4 is 4.74 Å². The first-order chi connectivity index (χ1) is 13.6. The molecule has 0 fully saturated rings. The fourth-order valence-corrected chi connectivity index (χ4v) is 4.28. The Kier molecular flexibility index (Phi) is 3.95. The average Bonchev–Trinajstić information content (AvgIpc) is 2.72. The minimum atomic E-state index is 0.232. The zero-order valence-corrected chi connectivity index (χ0v) is 16.1. The highest BCUT2D eigenvalue weighted by Gasteiger charge is 2.24. The predicted molar refractivity (Wildman–Crippen MR) is 114 cm³/mol. The molecule has 4 heteroatoms. The van der Waals surface area contributed by atoms with Crippen molar-refractivity contribution < 1.29 is 14.9 Å². The summed E-state index contributed by atoms with van der Waals surface area (Å²) in [5.41, 5.74) is 5.07. The molecule has 0 saturated carbocycles. The van der Waals surface area contributed by atoms with Gasteiger partial charge in [-0.3, -0.25) is 0 Å². The topological polar surface area (TPSA) is 49.7 Å². The number of hydrogen-bond acceptors (Lipinski definition) is 4. The average molecular weight is 386 g/mol. The molecule has 138 valence electrons. The molecule has 5 rings (SSSR count). The van der Waals surface area contributed by atoms with Gasteiger partial charge in [0.05, 0.1) is 0 Å². The van der Waals surface area contributed by atoms with Gasteiger partial charge >= 0.3 is 0 Å². The van der Waals surface area contributed by atoms with Gasteiger partial charge in [-0.2, -0.15) is 0 Å². The zero-order valence-electron chi connectivity index (χ0n) is 15.3. The van der Waals surface area contributed by atoms with Crippen LogP contribution >= 0.6 is 11.8 Å². The highest BCUT2D eigenvalue weighted by Crippen LogP contribution is 2.48. The van der Waals surface area contributed by atoms with Crippen molar-refractivity contribution in [3.05, 3.63) is 72.3 Å². The molecule has 0 spiro atoms. The molecule has 1 aliphatic rings. The fourth-order valence-electron chi connectivity index (χ4n) is 3.87. The zero-order chi connectivity index (χ0) is 19.3. The normalized spacial score (nSPS) is 12.3. The second kappa shape index (κ2) is 6.50. The van der Waals surface area contributed by atoms with Crippen molar-refractivity contribution in [2.45, 2.75) is 11.5 Å². The van der Waals surface area contributed by atoms with Gasteiger partial charge in [-0.15, -0.1) is 11.8 Å². The number of rotatable bonds is 2. The summed E-state index contributed by atoms with van der Waals surface area (Å²) in [6, 6.07) is 21.3. The number of phenolic OH excluding ortho intramolecular Hbond substituents is 2. The first-order valence-electron chi connectivity index (χ1n) is 9.03. The fraction of sp³-hybridized carbons (Fsp3) is 0.0833. The van der Waals surface area contributed by atoms with Crippen LogP contribution in [-0.4, -0.2) is 16.5 Å². The van der Waals surface area contributed by atoms with Crippen LogP contribution in [0.4, 0.5) is 0 Å². The number of ether oxygens (including phenoxy) is 1. The van der Waals surface area contributed by atoms with E-state index < -0.39 is 0 Å². The minimum Gasteiger partial charge on any atom is -0.508 e. The molecule has 3 nitrogen and oxygen atoms in total. The molecule has 0 aromatic heterocycles. The lowest BCUT2D eigenvalue weighted by molar-refractivity contribution is 0.303. The van der Waals surface area contributed by atoms with Crippen molar-refractivity contribution in [2.24, 2.45) is 0 Å². The number of benzene rings is 4. The van der Waals surface area contributed by atoms with Crippen LogP contribution in [0.15, 0.2) is 71.6 Å². The third-order valence-electron chi connectivity index (χ3n) is 5.21. The van der Waals surface area contributed by atoms with Crippen molar-refractivity contribution in [1.82, 2.24) is 0 Å². The van der Waals surface area contributed by atoms with Crippen LogP contribution in [0.3, 0.4) is 0 Å². The largest absolute Gasteiger partial charge is 0.508 e. The Morgan fingerprint density at radius 3 is 2.36 bits per heavy atom. The van der Waals surface area contributed by atoms with E-state index in [2.05, 4.69) is 36.6 Å². The van der Waals surface area contributed by atoms with Crippen LogP contribution in [0.25, 0.3) is 33.0 Å². The van der Waals surface area contributed by atoms with E-state index in [9.17, 15) is 10.2 Å². The highest BCUT2D eigenvalue weighted by molar-refractivity contribution is 7.98. The Morgan fingerprint density at radius 2 is 1.57 bits per heavy atom. The molecule has 1 heterocycles. The molecule has 28 heavy (non-hydrogen) atoms. The second-order valence-electron chi connectivity index (χ2n) is 6.89. The molecule has 0 aliphatic carbocycles. The van der Waals surface area contributed by atoms with E-state index >= 15 is 0 Å². The van der Waals surface area contributed by atoms with Gasteiger partial charge in [-0.1, -0.05) is 24.3 Å². The Bertz CT molecular complexity index is 1210. The van der Waals surface area contributed by atoms with E-state index in [-0.39, 0.29) is 11.5 Å². The number of thioether (sulfide) groups is 1. The maximum Gasteiger partial charge on any atom is 0.136 e. The first-order valence-corrected chi connectivity index (χ1v) is 10.3. The van der Waals surface area contributed by atoms with E-state index in [1.165, 1.54) is 4.90 Å². The van der Waals surface area contributed by atoms with Gasteiger partial charge < -0.3 is 14.9 Å². The van der Waals surface area contributed by atoms with Crippen LogP contribution in [0.1, 0.15) is 5.56 Å². The monoisotopic (exact) mass is 386 g/mol. The summed E-state index contributed by atoms with van der Waals surface area (Å²) in [6.07, 6.45) is 2.06. The quantitative estimate of drug-likeness (QED) is 0.403. The SMILES string of the molecule is CSc1ccc(-c2c3c(cc4ccc(O)cc24)-c2ccc(O)cc2CO3)cc1. The lowest BCUT2D eigenvalue weighted by atomic mass is 9.88. The maximum atomic E-state index is 10.1. The Hall–Kier alpha value is -3.11. The molecular formula is C24H18O3S. The molecule has 0 amide bonds. The molecular weight excluding hydrogens is 368 g/mol. The van der Waals surface area contributed by atoms with Gasteiger partial charge in [-0.25, -0.2) is 0 Å². The minimum absolute atomic E-state index is 0.232. The number of phenols is 2. The van der Waals surface area contributed by atoms with Crippen molar-refractivity contribution in [3.63, 3.8) is 0 Å². The standard InChI is InChI=1S/C24H18O3S/c1-28-19-7-3-14(4-8-19)23-21-12-18(26)5-2-15(21)11-22-20-9-6-17(25)10-16(20)13-27-24(22)23/h2-12,25-26H,13H2,1H3. The van der Waals surface area contributed by atoms with Crippen molar-refractivity contribution in [2.75, 3.05) is 6.26 Å². The summed E-state index contributed by atoms with van der Waals surface area (Å²) in [5, 5.41) is 21.9. The van der Waals surface area contributed by atoms with E-state index in [1.54, 1.807) is 36.0 Å². The van der Waals surface area contributed by atoms with E-state index in [0.717, 1.165) is 44.3 Å². The van der Waals surface area contributed by atoms with Gasteiger partial charge in [0.2, 0.25) is 0 Å². The molecule has 0 unspecified atom stereocenters. The summed E-state index contributed by atoms with van der Waals surface area (Å²) in [4.78, 5) is 1.20. The third kappa shape index (κ3) is 2.69. The maximum absolute atomic E-state index is 10.1. The molecule has 0 bridgehead atoms. The molecule has 4 aromatic carbocycles. The lowest BCUT2D eigenvalue weighted by Gasteiger charge is -2.25. The molecule has 0 atom stereocenters. The summed E-state index contributed by atoms with van der Waals surface area (Å²) < 4.78 is 6.20. The lowest BCUT2D eigenvalue weighted by Crippen LogP contribution is -2.07.